The molecule has 3 heterocycles. The number of anilines is 1. The highest BCUT2D eigenvalue weighted by Crippen LogP contribution is 2.30. The molecule has 9 heteroatoms. The average Bonchev–Trinajstić information content (AvgIpc) is 3.28. The van der Waals surface area contributed by atoms with E-state index in [0.717, 1.165) is 21.6 Å². The average molecular weight is 368 g/mol. The van der Waals surface area contributed by atoms with Gasteiger partial charge in [0.05, 0.1) is 10.2 Å². The normalized spacial score (nSPS) is 10.9. The second-order valence-corrected chi connectivity index (χ2v) is 7.14. The molecular formula is C16H12N6OS2. The van der Waals surface area contributed by atoms with Crippen molar-refractivity contribution >= 4 is 43.9 Å². The highest BCUT2D eigenvalue weighted by Gasteiger charge is 2.20. The number of fused-ring (bicyclic) bond motifs is 1. The third-order valence-electron chi connectivity index (χ3n) is 3.40. The van der Waals surface area contributed by atoms with Crippen molar-refractivity contribution in [2.45, 2.75) is 13.3 Å². The molecule has 0 radical (unpaired) electrons. The van der Waals surface area contributed by atoms with Gasteiger partial charge in [-0.3, -0.25) is 10.1 Å². The predicted octanol–water partition coefficient (Wildman–Crippen LogP) is 3.42. The molecule has 0 bridgehead atoms. The molecule has 0 unspecified atom stereocenters. The lowest BCUT2D eigenvalue weighted by atomic mass is 10.3. The van der Waals surface area contributed by atoms with Gasteiger partial charge in [-0.25, -0.2) is 15.0 Å². The fourth-order valence-corrected chi connectivity index (χ4v) is 3.88. The van der Waals surface area contributed by atoms with E-state index in [4.69, 9.17) is 0 Å². The van der Waals surface area contributed by atoms with Crippen molar-refractivity contribution in [3.05, 3.63) is 47.4 Å². The van der Waals surface area contributed by atoms with Crippen LogP contribution in [0.25, 0.3) is 20.9 Å². The second kappa shape index (κ2) is 6.61. The molecular weight excluding hydrogens is 356 g/mol. The van der Waals surface area contributed by atoms with Crippen molar-refractivity contribution in [2.75, 3.05) is 5.32 Å². The van der Waals surface area contributed by atoms with Gasteiger partial charge in [-0.2, -0.15) is 0 Å². The summed E-state index contributed by atoms with van der Waals surface area (Å²) in [4.78, 5) is 25.7. The molecule has 0 aliphatic rings. The minimum absolute atomic E-state index is 0.217. The summed E-state index contributed by atoms with van der Waals surface area (Å²) in [5.41, 5.74) is 1.55. The monoisotopic (exact) mass is 368 g/mol. The molecule has 0 aliphatic heterocycles. The first kappa shape index (κ1) is 15.7. The molecule has 0 fully saturated rings. The third kappa shape index (κ3) is 3.11. The Balaban J connectivity index is 1.69. The number of rotatable bonds is 4. The number of carbonyl (C=O) groups is 1. The van der Waals surface area contributed by atoms with E-state index in [9.17, 15) is 4.79 Å². The summed E-state index contributed by atoms with van der Waals surface area (Å²) in [5, 5.41) is 12.7. The van der Waals surface area contributed by atoms with Gasteiger partial charge in [0.25, 0.3) is 5.91 Å². The van der Waals surface area contributed by atoms with Gasteiger partial charge in [0.15, 0.2) is 5.69 Å². The molecule has 4 aromatic rings. The number of hydrogen-bond donors (Lipinski definition) is 1. The van der Waals surface area contributed by atoms with Crippen molar-refractivity contribution in [1.82, 2.24) is 25.1 Å². The Hall–Kier alpha value is -2.78. The summed E-state index contributed by atoms with van der Waals surface area (Å²) in [6, 6.07) is 7.80. The fourth-order valence-electron chi connectivity index (χ4n) is 2.24. The van der Waals surface area contributed by atoms with Crippen molar-refractivity contribution in [3.63, 3.8) is 0 Å². The van der Waals surface area contributed by atoms with Gasteiger partial charge in [-0.1, -0.05) is 30.4 Å². The van der Waals surface area contributed by atoms with Crippen LogP contribution < -0.4 is 5.32 Å². The first-order valence-corrected chi connectivity index (χ1v) is 9.18. The largest absolute Gasteiger partial charge is 0.295 e. The highest BCUT2D eigenvalue weighted by atomic mass is 32.1. The maximum Gasteiger partial charge on any atom is 0.278 e. The van der Waals surface area contributed by atoms with E-state index >= 15 is 0 Å². The second-order valence-electron chi connectivity index (χ2n) is 5.05. The molecule has 0 saturated carbocycles. The van der Waals surface area contributed by atoms with Crippen molar-refractivity contribution in [1.29, 1.82) is 0 Å². The van der Waals surface area contributed by atoms with Gasteiger partial charge in [-0.15, -0.1) is 21.5 Å². The summed E-state index contributed by atoms with van der Waals surface area (Å²) >= 11 is 2.82. The van der Waals surface area contributed by atoms with Gasteiger partial charge >= 0.3 is 0 Å². The number of amides is 1. The number of nitrogens with one attached hydrogen (secondary N) is 1. The van der Waals surface area contributed by atoms with Crippen LogP contribution in [0.5, 0.6) is 0 Å². The third-order valence-corrected chi connectivity index (χ3v) is 5.43. The van der Waals surface area contributed by atoms with Gasteiger partial charge in [0.2, 0.25) is 5.13 Å². The number of hydrogen-bond acceptors (Lipinski definition) is 8. The molecule has 1 amide bonds. The number of benzene rings is 1. The number of carbonyl (C=O) groups excluding carboxylic acids is 1. The molecule has 3 aromatic heterocycles. The van der Waals surface area contributed by atoms with Crippen molar-refractivity contribution in [2.24, 2.45) is 0 Å². The molecule has 1 N–H and O–H groups in total. The van der Waals surface area contributed by atoms with Crippen LogP contribution in [-0.2, 0) is 6.42 Å². The quantitative estimate of drug-likeness (QED) is 0.593. The lowest BCUT2D eigenvalue weighted by Gasteiger charge is -2.04. The Morgan fingerprint density at radius 1 is 1.12 bits per heavy atom. The number of nitrogens with zero attached hydrogens (tertiary/aromatic N) is 5. The van der Waals surface area contributed by atoms with Crippen LogP contribution in [0.3, 0.4) is 0 Å². The van der Waals surface area contributed by atoms with Gasteiger partial charge in [0.1, 0.15) is 15.7 Å². The number of thiazole rings is 1. The lowest BCUT2D eigenvalue weighted by Crippen LogP contribution is -2.15. The molecule has 4 rings (SSSR count). The van der Waals surface area contributed by atoms with Crippen LogP contribution in [0, 0.1) is 0 Å². The van der Waals surface area contributed by atoms with Crippen molar-refractivity contribution in [3.8, 4) is 10.7 Å². The Labute approximate surface area is 150 Å². The number of aromatic nitrogens is 5. The topological polar surface area (TPSA) is 93.6 Å². The Morgan fingerprint density at radius 2 is 1.96 bits per heavy atom. The van der Waals surface area contributed by atoms with Crippen LogP contribution in [0.4, 0.5) is 5.13 Å². The summed E-state index contributed by atoms with van der Waals surface area (Å²) < 4.78 is 1.03. The molecule has 0 atom stereocenters. The first-order chi connectivity index (χ1) is 12.2. The minimum atomic E-state index is -0.374. The van der Waals surface area contributed by atoms with E-state index < -0.39 is 0 Å². The molecule has 1 aromatic carbocycles. The summed E-state index contributed by atoms with van der Waals surface area (Å²) in [7, 11) is 0. The van der Waals surface area contributed by atoms with Gasteiger partial charge in [-0.05, 0) is 18.6 Å². The zero-order valence-corrected chi connectivity index (χ0v) is 14.8. The smallest absolute Gasteiger partial charge is 0.278 e. The van der Waals surface area contributed by atoms with Gasteiger partial charge < -0.3 is 0 Å². The summed E-state index contributed by atoms with van der Waals surface area (Å²) in [5.74, 6) is -0.374. The first-order valence-electron chi connectivity index (χ1n) is 7.55. The van der Waals surface area contributed by atoms with E-state index in [1.165, 1.54) is 28.9 Å². The zero-order valence-electron chi connectivity index (χ0n) is 13.1. The Kier molecular flexibility index (Phi) is 4.16. The molecule has 124 valence electrons. The minimum Gasteiger partial charge on any atom is -0.295 e. The van der Waals surface area contributed by atoms with E-state index in [0.29, 0.717) is 15.8 Å². The molecule has 0 saturated heterocycles. The maximum atomic E-state index is 12.6. The van der Waals surface area contributed by atoms with E-state index in [2.05, 4.69) is 30.5 Å². The highest BCUT2D eigenvalue weighted by molar-refractivity contribution is 7.21. The summed E-state index contributed by atoms with van der Waals surface area (Å²) in [6.07, 6.45) is 3.82. The standard InChI is InChI=1S/C16H12N6OS2/c1-2-11-21-22-16(25-11)20-14(23)12-13(18-8-7-17-12)15-19-9-5-3-4-6-10(9)24-15/h3-8H,2H2,1H3,(H,20,22,23). The Morgan fingerprint density at radius 3 is 2.76 bits per heavy atom. The van der Waals surface area contributed by atoms with Crippen LogP contribution in [-0.4, -0.2) is 31.1 Å². The molecule has 25 heavy (non-hydrogen) atoms. The zero-order chi connectivity index (χ0) is 17.2. The van der Waals surface area contributed by atoms with Gasteiger partial charge in [0, 0.05) is 12.4 Å². The fraction of sp³-hybridized carbons (Fsp3) is 0.125. The van der Waals surface area contributed by atoms with Crippen molar-refractivity contribution < 1.29 is 4.79 Å². The SMILES string of the molecule is CCc1nnc(NC(=O)c2nccnc2-c2nc3ccccc3s2)s1. The van der Waals surface area contributed by atoms with Crippen LogP contribution >= 0.6 is 22.7 Å². The molecule has 7 nitrogen and oxygen atoms in total. The maximum absolute atomic E-state index is 12.6. The number of para-hydroxylation sites is 1. The Bertz CT molecular complexity index is 1020. The summed E-state index contributed by atoms with van der Waals surface area (Å²) in [6.45, 7) is 1.99. The molecule has 0 spiro atoms. The lowest BCUT2D eigenvalue weighted by molar-refractivity contribution is 0.102. The van der Waals surface area contributed by atoms with Crippen LogP contribution in [0.1, 0.15) is 22.4 Å². The van der Waals surface area contributed by atoms with E-state index in [-0.39, 0.29) is 11.6 Å². The van der Waals surface area contributed by atoms with Crippen LogP contribution in [0.15, 0.2) is 36.7 Å². The van der Waals surface area contributed by atoms with E-state index in [1.54, 1.807) is 6.20 Å². The number of aryl methyl sites for hydroxylation is 1. The van der Waals surface area contributed by atoms with E-state index in [1.807, 2.05) is 31.2 Å². The molecule has 0 aliphatic carbocycles. The predicted molar refractivity (Wildman–Crippen MR) is 97.9 cm³/mol. The van der Waals surface area contributed by atoms with Crippen LogP contribution in [0.2, 0.25) is 0 Å².